The number of halogens is 1. The Labute approximate surface area is 190 Å². The van der Waals surface area contributed by atoms with Crippen LogP contribution in [0.25, 0.3) is 10.2 Å². The largest absolute Gasteiger partial charge is 0.486 e. The van der Waals surface area contributed by atoms with Gasteiger partial charge in [0.25, 0.3) is 5.91 Å². The number of thiophene rings is 1. The summed E-state index contributed by atoms with van der Waals surface area (Å²) in [5.74, 6) is 0.961. The first-order chi connectivity index (χ1) is 15.0. The molecule has 4 rings (SSSR count). The number of benzene rings is 1. The zero-order chi connectivity index (χ0) is 22.4. The van der Waals surface area contributed by atoms with Crippen LogP contribution in [0.2, 0.25) is 5.02 Å². The molecule has 0 saturated heterocycles. The van der Waals surface area contributed by atoms with Crippen LogP contribution in [0.15, 0.2) is 48.5 Å². The second kappa shape index (κ2) is 10.3. The zero-order valence-corrected chi connectivity index (χ0v) is 19.1. The second-order valence-corrected chi connectivity index (χ2v) is 7.81. The van der Waals surface area contributed by atoms with Crippen molar-refractivity contribution in [3.05, 3.63) is 64.1 Å². The molecule has 1 aliphatic heterocycles. The van der Waals surface area contributed by atoms with E-state index < -0.39 is 0 Å². The Morgan fingerprint density at radius 1 is 1.10 bits per heavy atom. The zero-order valence-electron chi connectivity index (χ0n) is 17.6. The van der Waals surface area contributed by atoms with E-state index in [1.807, 2.05) is 45.0 Å². The third kappa shape index (κ3) is 5.37. The summed E-state index contributed by atoms with van der Waals surface area (Å²) in [6.45, 7) is 6.84. The molecule has 31 heavy (non-hydrogen) atoms. The van der Waals surface area contributed by atoms with Gasteiger partial charge in [-0.2, -0.15) is 0 Å². The molecule has 0 bridgehead atoms. The molecule has 1 amide bonds. The summed E-state index contributed by atoms with van der Waals surface area (Å²) >= 11 is 7.23. The molecule has 0 fully saturated rings. The highest BCUT2D eigenvalue weighted by Crippen LogP contribution is 2.34. The summed E-state index contributed by atoms with van der Waals surface area (Å²) in [5.41, 5.74) is 8.00. The lowest BCUT2D eigenvalue weighted by Gasteiger charge is -2.16. The van der Waals surface area contributed by atoms with E-state index in [1.54, 1.807) is 24.3 Å². The smallest absolute Gasteiger partial charge is 0.267 e. The minimum absolute atomic E-state index is 0.310. The molecule has 2 aromatic heterocycles. The predicted molar refractivity (Wildman–Crippen MR) is 128 cm³/mol. The number of hydrogen-bond acceptors (Lipinski definition) is 6. The van der Waals surface area contributed by atoms with Gasteiger partial charge in [0.1, 0.15) is 22.9 Å². The summed E-state index contributed by atoms with van der Waals surface area (Å²) in [7, 11) is 0. The van der Waals surface area contributed by atoms with Crippen LogP contribution in [0, 0.1) is 6.92 Å². The summed E-state index contributed by atoms with van der Waals surface area (Å²) in [4.78, 5) is 18.5. The van der Waals surface area contributed by atoms with Crippen LogP contribution in [-0.4, -0.2) is 24.1 Å². The SMILES string of the molecule is CC.Cc1cc2c(cccc3c(N)c(C(=O)Nc4cccc(Cl)c4)sc3n1)OCCO2. The van der Waals surface area contributed by atoms with E-state index in [4.69, 9.17) is 26.8 Å². The fraction of sp³-hybridized carbons (Fsp3) is 0.217. The molecular formula is C23H24ClN3O3S. The Morgan fingerprint density at radius 2 is 1.81 bits per heavy atom. The minimum Gasteiger partial charge on any atom is -0.486 e. The maximum atomic E-state index is 12.8. The number of aryl methyl sites for hydroxylation is 1. The highest BCUT2D eigenvalue weighted by atomic mass is 35.5. The first-order valence-corrected chi connectivity index (χ1v) is 11.1. The van der Waals surface area contributed by atoms with Gasteiger partial charge in [0.2, 0.25) is 0 Å². The summed E-state index contributed by atoms with van der Waals surface area (Å²) < 4.78 is 11.3. The van der Waals surface area contributed by atoms with Gasteiger partial charge < -0.3 is 20.5 Å². The average Bonchev–Trinajstić information content (AvgIpc) is 3.06. The van der Waals surface area contributed by atoms with Gasteiger partial charge in [-0.05, 0) is 37.3 Å². The number of hydrogen-bond donors (Lipinski definition) is 2. The number of carbonyl (C=O) groups excluding carboxylic acids is 1. The van der Waals surface area contributed by atoms with Gasteiger partial charge in [0.15, 0.2) is 11.5 Å². The molecule has 6 nitrogen and oxygen atoms in total. The second-order valence-electron chi connectivity index (χ2n) is 6.38. The van der Waals surface area contributed by atoms with E-state index in [2.05, 4.69) is 10.3 Å². The Hall–Kier alpha value is -3.03. The molecule has 0 unspecified atom stereocenters. The number of nitrogen functional groups attached to an aromatic ring is 1. The molecule has 3 aromatic rings. The van der Waals surface area contributed by atoms with Crippen LogP contribution >= 0.6 is 22.9 Å². The van der Waals surface area contributed by atoms with Gasteiger partial charge in [0.05, 0.1) is 5.69 Å². The molecule has 3 N–H and O–H groups in total. The van der Waals surface area contributed by atoms with Gasteiger partial charge in [-0.3, -0.25) is 4.79 Å². The molecule has 0 saturated carbocycles. The van der Waals surface area contributed by atoms with Crippen LogP contribution in [-0.2, 0) is 0 Å². The van der Waals surface area contributed by atoms with Crippen molar-refractivity contribution in [1.29, 1.82) is 0 Å². The molecule has 1 aliphatic rings. The Morgan fingerprint density at radius 3 is 2.55 bits per heavy atom. The number of nitrogens with two attached hydrogens (primary N) is 1. The average molecular weight is 458 g/mol. The van der Waals surface area contributed by atoms with Gasteiger partial charge in [-0.15, -0.1) is 11.3 Å². The van der Waals surface area contributed by atoms with Crippen molar-refractivity contribution in [3.8, 4) is 11.5 Å². The third-order valence-corrected chi connectivity index (χ3v) is 5.57. The molecule has 0 aliphatic carbocycles. The number of carbonyl (C=O) groups is 1. The molecule has 0 spiro atoms. The van der Waals surface area contributed by atoms with Crippen LogP contribution in [0.5, 0.6) is 11.5 Å². The Kier molecular flexibility index (Phi) is 7.55. The Bertz CT molecular complexity index is 1160. The van der Waals surface area contributed by atoms with Gasteiger partial charge in [-0.1, -0.05) is 37.6 Å². The Balaban J connectivity index is 0.00000132. The van der Waals surface area contributed by atoms with E-state index >= 15 is 0 Å². The lowest BCUT2D eigenvalue weighted by Crippen LogP contribution is -2.14. The number of fused-ring (bicyclic) bond motifs is 2. The molecular weight excluding hydrogens is 434 g/mol. The number of anilines is 2. The lowest BCUT2D eigenvalue weighted by atomic mass is 10.2. The predicted octanol–water partition coefficient (Wildman–Crippen LogP) is 6.01. The van der Waals surface area contributed by atoms with E-state index in [9.17, 15) is 4.79 Å². The highest BCUT2D eigenvalue weighted by molar-refractivity contribution is 7.21. The molecule has 1 aromatic carbocycles. The van der Waals surface area contributed by atoms with E-state index in [-0.39, 0.29) is 5.91 Å². The maximum absolute atomic E-state index is 12.8. The third-order valence-electron chi connectivity index (χ3n) is 4.22. The number of rotatable bonds is 2. The summed E-state index contributed by atoms with van der Waals surface area (Å²) in [5, 5.41) is 4.06. The maximum Gasteiger partial charge on any atom is 0.267 e. The van der Waals surface area contributed by atoms with Crippen LogP contribution in [0.3, 0.4) is 0 Å². The van der Waals surface area contributed by atoms with E-state index in [0.717, 1.165) is 5.69 Å². The molecule has 3 heterocycles. The fourth-order valence-corrected chi connectivity index (χ4v) is 4.14. The number of nitrogens with one attached hydrogen (secondary N) is 1. The van der Waals surface area contributed by atoms with E-state index in [1.165, 1.54) is 11.3 Å². The van der Waals surface area contributed by atoms with Crippen LogP contribution < -0.4 is 20.5 Å². The normalized spacial score (nSPS) is 11.7. The van der Waals surface area contributed by atoms with Gasteiger partial charge in [0, 0.05) is 27.9 Å². The topological polar surface area (TPSA) is 86.5 Å². The number of amides is 1. The fourth-order valence-electron chi connectivity index (χ4n) is 2.91. The van der Waals surface area contributed by atoms with Crippen molar-refractivity contribution >= 4 is 50.4 Å². The van der Waals surface area contributed by atoms with Crippen molar-refractivity contribution in [3.63, 3.8) is 0 Å². The van der Waals surface area contributed by atoms with Crippen LogP contribution in [0.4, 0.5) is 11.4 Å². The monoisotopic (exact) mass is 457 g/mol. The lowest BCUT2D eigenvalue weighted by molar-refractivity contribution is 0.103. The van der Waals surface area contributed by atoms with Crippen molar-refractivity contribution in [2.75, 3.05) is 24.3 Å². The first-order valence-electron chi connectivity index (χ1n) is 9.92. The standard InChI is InChI=1S/C21H18ClN3O3S.C2H6/c1-12-10-17-16(27-8-9-28-17)7-3-6-15-18(23)19(29-21(15)24-12)20(26)25-14-5-2-4-13(22)11-14;1-2/h2-7,10-11H,8-9,23H2,1H3,(H,25,26);1-2H3. The molecule has 162 valence electrons. The summed E-state index contributed by atoms with van der Waals surface area (Å²) in [6, 6.07) is 14.2. The number of aromatic nitrogens is 1. The van der Waals surface area contributed by atoms with Crippen molar-refractivity contribution in [2.45, 2.75) is 20.8 Å². The quantitative estimate of drug-likeness (QED) is 0.491. The highest BCUT2D eigenvalue weighted by Gasteiger charge is 2.17. The minimum atomic E-state index is -0.310. The van der Waals surface area contributed by atoms with Crippen LogP contribution in [0.1, 0.15) is 29.2 Å². The van der Waals surface area contributed by atoms with Gasteiger partial charge >= 0.3 is 0 Å². The number of ether oxygens (including phenoxy) is 2. The summed E-state index contributed by atoms with van der Waals surface area (Å²) in [6.07, 6.45) is 0. The van der Waals surface area contributed by atoms with E-state index in [0.29, 0.717) is 56.2 Å². The van der Waals surface area contributed by atoms with Crippen molar-refractivity contribution < 1.29 is 14.3 Å². The molecule has 8 heteroatoms. The molecule has 0 atom stereocenters. The molecule has 0 radical (unpaired) electrons. The number of nitrogens with zero attached hydrogens (tertiary/aromatic N) is 1. The van der Waals surface area contributed by atoms with Gasteiger partial charge in [-0.25, -0.2) is 4.98 Å². The van der Waals surface area contributed by atoms with Crippen molar-refractivity contribution in [2.24, 2.45) is 0 Å². The first kappa shape index (κ1) is 22.7. The van der Waals surface area contributed by atoms with Crippen molar-refractivity contribution in [1.82, 2.24) is 4.98 Å².